The van der Waals surface area contributed by atoms with Gasteiger partial charge in [0.1, 0.15) is 18.6 Å². The van der Waals surface area contributed by atoms with E-state index in [9.17, 15) is 24.3 Å². The molecule has 154 valence electrons. The number of fused-ring (bicyclic) bond motifs is 2. The second kappa shape index (κ2) is 7.03. The highest BCUT2D eigenvalue weighted by atomic mass is 16.5. The van der Waals surface area contributed by atoms with E-state index in [2.05, 4.69) is 0 Å². The van der Waals surface area contributed by atoms with Crippen LogP contribution in [0.2, 0.25) is 0 Å². The summed E-state index contributed by atoms with van der Waals surface area (Å²) in [6.07, 6.45) is 0. The second-order valence-corrected chi connectivity index (χ2v) is 7.56. The molecule has 2 saturated heterocycles. The maximum absolute atomic E-state index is 12.9. The summed E-state index contributed by atoms with van der Waals surface area (Å²) in [5.41, 5.74) is -0.310. The lowest BCUT2D eigenvalue weighted by molar-refractivity contribution is -0.149. The number of methoxy groups -OCH3 is 1. The fourth-order valence-corrected chi connectivity index (χ4v) is 4.36. The van der Waals surface area contributed by atoms with E-state index in [0.29, 0.717) is 11.1 Å². The van der Waals surface area contributed by atoms with Crippen LogP contribution in [-0.2, 0) is 25.7 Å². The summed E-state index contributed by atoms with van der Waals surface area (Å²) >= 11 is 0. The molecule has 2 aliphatic heterocycles. The summed E-state index contributed by atoms with van der Waals surface area (Å²) in [5.74, 6) is -2.66. The molecule has 0 unspecified atom stereocenters. The number of carbonyl (C=O) groups is 3. The topological polar surface area (TPSA) is 122 Å². The summed E-state index contributed by atoms with van der Waals surface area (Å²) in [5, 5.41) is 9.87. The van der Waals surface area contributed by atoms with E-state index in [1.165, 1.54) is 21.5 Å². The van der Waals surface area contributed by atoms with Gasteiger partial charge >= 0.3 is 11.7 Å². The number of aromatic nitrogens is 1. The first kappa shape index (κ1) is 19.2. The fourth-order valence-electron chi connectivity index (χ4n) is 4.36. The highest BCUT2D eigenvalue weighted by Gasteiger charge is 2.59. The van der Waals surface area contributed by atoms with Crippen molar-refractivity contribution in [2.75, 3.05) is 39.9 Å². The van der Waals surface area contributed by atoms with Gasteiger partial charge in [0.15, 0.2) is 5.58 Å². The van der Waals surface area contributed by atoms with E-state index >= 15 is 0 Å². The van der Waals surface area contributed by atoms with Gasteiger partial charge in [0.2, 0.25) is 11.8 Å². The molecule has 10 heteroatoms. The number of para-hydroxylation sites is 2. The monoisotopic (exact) mass is 403 g/mol. The van der Waals surface area contributed by atoms with Gasteiger partial charge in [0, 0.05) is 39.2 Å². The summed E-state index contributed by atoms with van der Waals surface area (Å²) in [4.78, 5) is 52.1. The molecule has 0 saturated carbocycles. The molecule has 1 aromatic heterocycles. The van der Waals surface area contributed by atoms with E-state index < -0.39 is 17.1 Å². The van der Waals surface area contributed by atoms with Gasteiger partial charge in [-0.15, -0.1) is 0 Å². The molecular weight excluding hydrogens is 382 g/mol. The Balaban J connectivity index is 1.52. The minimum absolute atomic E-state index is 0.00682. The molecule has 1 aromatic carbocycles. The van der Waals surface area contributed by atoms with E-state index in [4.69, 9.17) is 9.15 Å². The van der Waals surface area contributed by atoms with Crippen molar-refractivity contribution < 1.29 is 28.6 Å². The predicted molar refractivity (Wildman–Crippen MR) is 99.1 cm³/mol. The molecule has 29 heavy (non-hydrogen) atoms. The minimum Gasteiger partial charge on any atom is -0.481 e. The number of amides is 2. The van der Waals surface area contributed by atoms with Crippen molar-refractivity contribution in [1.82, 2.24) is 14.4 Å². The Morgan fingerprint density at radius 1 is 1.17 bits per heavy atom. The van der Waals surface area contributed by atoms with Crippen molar-refractivity contribution in [1.29, 1.82) is 0 Å². The molecular formula is C19H21N3O7. The van der Waals surface area contributed by atoms with Gasteiger partial charge < -0.3 is 24.1 Å². The number of ether oxygens (including phenoxy) is 1. The number of nitrogens with zero attached hydrogens (tertiary/aromatic N) is 3. The SMILES string of the molecule is COCC(=O)N1C[C@@H]2CN(C(=O)Cn3c(=O)oc4ccccc43)C[C@]2(C(=O)O)C1. The Morgan fingerprint density at radius 3 is 2.45 bits per heavy atom. The van der Waals surface area contributed by atoms with Crippen LogP contribution in [0.4, 0.5) is 0 Å². The van der Waals surface area contributed by atoms with Crippen molar-refractivity contribution >= 4 is 28.9 Å². The molecule has 0 radical (unpaired) electrons. The third-order valence-corrected chi connectivity index (χ3v) is 5.88. The number of aliphatic carboxylic acids is 1. The van der Waals surface area contributed by atoms with Crippen molar-refractivity contribution in [2.24, 2.45) is 11.3 Å². The zero-order valence-electron chi connectivity index (χ0n) is 15.9. The number of oxazole rings is 1. The quantitative estimate of drug-likeness (QED) is 0.722. The van der Waals surface area contributed by atoms with Crippen LogP contribution in [0.15, 0.2) is 33.5 Å². The standard InChI is InChI=1S/C19H21N3O7/c1-28-9-16(24)21-7-12-6-20(10-19(12,11-21)17(25)26)15(23)8-22-13-4-2-3-5-14(13)29-18(22)27/h2-5,12H,6-11H2,1H3,(H,25,26)/t12-,19-/m0/s1. The lowest BCUT2D eigenvalue weighted by atomic mass is 9.81. The molecule has 2 aliphatic rings. The predicted octanol–water partition coefficient (Wildman–Crippen LogP) is -0.387. The normalized spacial score (nSPS) is 23.6. The zero-order chi connectivity index (χ0) is 20.8. The maximum Gasteiger partial charge on any atom is 0.420 e. The van der Waals surface area contributed by atoms with Crippen LogP contribution < -0.4 is 5.76 Å². The number of rotatable bonds is 5. The van der Waals surface area contributed by atoms with Gasteiger partial charge in [0.05, 0.1) is 5.52 Å². The first-order valence-corrected chi connectivity index (χ1v) is 9.22. The number of carbonyl (C=O) groups excluding carboxylic acids is 2. The summed E-state index contributed by atoms with van der Waals surface area (Å²) in [6, 6.07) is 6.79. The van der Waals surface area contributed by atoms with E-state index in [-0.39, 0.29) is 57.1 Å². The maximum atomic E-state index is 12.9. The molecule has 0 aliphatic carbocycles. The van der Waals surface area contributed by atoms with Crippen LogP contribution in [0.5, 0.6) is 0 Å². The molecule has 2 atom stereocenters. The fraction of sp³-hybridized carbons (Fsp3) is 0.474. The third-order valence-electron chi connectivity index (χ3n) is 5.88. The zero-order valence-corrected chi connectivity index (χ0v) is 15.9. The largest absolute Gasteiger partial charge is 0.481 e. The number of likely N-dealkylation sites (tertiary alicyclic amines) is 2. The third kappa shape index (κ3) is 3.09. The minimum atomic E-state index is -1.21. The van der Waals surface area contributed by atoms with Gasteiger partial charge in [-0.05, 0) is 12.1 Å². The van der Waals surface area contributed by atoms with Crippen molar-refractivity contribution in [3.63, 3.8) is 0 Å². The van der Waals surface area contributed by atoms with E-state index in [1.807, 2.05) is 0 Å². The lowest BCUT2D eigenvalue weighted by Crippen LogP contribution is -2.44. The smallest absolute Gasteiger partial charge is 0.420 e. The van der Waals surface area contributed by atoms with Gasteiger partial charge in [-0.25, -0.2) is 4.79 Å². The average molecular weight is 403 g/mol. The number of carboxylic acid groups (broad SMARTS) is 1. The number of carboxylic acids is 1. The summed E-state index contributed by atoms with van der Waals surface area (Å²) < 4.78 is 11.2. The summed E-state index contributed by atoms with van der Waals surface area (Å²) in [6.45, 7) is 0.159. The van der Waals surface area contributed by atoms with Crippen molar-refractivity contribution in [2.45, 2.75) is 6.54 Å². The molecule has 3 heterocycles. The van der Waals surface area contributed by atoms with Crippen molar-refractivity contribution in [3.05, 3.63) is 34.8 Å². The van der Waals surface area contributed by atoms with Crippen LogP contribution >= 0.6 is 0 Å². The number of hydrogen-bond donors (Lipinski definition) is 1. The Kier molecular flexibility index (Phi) is 4.65. The first-order chi connectivity index (χ1) is 13.9. The Hall–Kier alpha value is -3.14. The van der Waals surface area contributed by atoms with Crippen LogP contribution in [-0.4, -0.2) is 77.2 Å². The van der Waals surface area contributed by atoms with Crippen molar-refractivity contribution in [3.8, 4) is 0 Å². The molecule has 1 N–H and O–H groups in total. The Morgan fingerprint density at radius 2 is 1.83 bits per heavy atom. The summed E-state index contributed by atoms with van der Waals surface area (Å²) in [7, 11) is 1.41. The van der Waals surface area contributed by atoms with E-state index in [1.54, 1.807) is 24.3 Å². The van der Waals surface area contributed by atoms with Crippen LogP contribution in [0.25, 0.3) is 11.1 Å². The second-order valence-electron chi connectivity index (χ2n) is 7.56. The molecule has 0 spiro atoms. The van der Waals surface area contributed by atoms with E-state index in [0.717, 1.165) is 0 Å². The van der Waals surface area contributed by atoms with Crippen LogP contribution in [0.3, 0.4) is 0 Å². The molecule has 2 aromatic rings. The van der Waals surface area contributed by atoms with Gasteiger partial charge in [-0.2, -0.15) is 0 Å². The molecule has 0 bridgehead atoms. The van der Waals surface area contributed by atoms with Crippen LogP contribution in [0.1, 0.15) is 0 Å². The van der Waals surface area contributed by atoms with Gasteiger partial charge in [-0.3, -0.25) is 19.0 Å². The molecule has 10 nitrogen and oxygen atoms in total. The highest BCUT2D eigenvalue weighted by Crippen LogP contribution is 2.43. The van der Waals surface area contributed by atoms with Crippen LogP contribution in [0, 0.1) is 11.3 Å². The molecule has 4 rings (SSSR count). The Labute approximate surface area is 165 Å². The first-order valence-electron chi connectivity index (χ1n) is 9.22. The van der Waals surface area contributed by atoms with Gasteiger partial charge in [0.25, 0.3) is 0 Å². The van der Waals surface area contributed by atoms with Gasteiger partial charge in [-0.1, -0.05) is 12.1 Å². The molecule has 2 amide bonds. The number of hydrogen-bond acceptors (Lipinski definition) is 6. The lowest BCUT2D eigenvalue weighted by Gasteiger charge is -2.25. The average Bonchev–Trinajstić information content (AvgIpc) is 3.31. The highest BCUT2D eigenvalue weighted by molar-refractivity contribution is 5.85. The molecule has 2 fully saturated rings. The Bertz CT molecular complexity index is 1040. The number of benzene rings is 1.